The minimum Gasteiger partial charge on any atom is -0.327 e. The Balaban J connectivity index is 2.35. The van der Waals surface area contributed by atoms with Crippen LogP contribution in [0.3, 0.4) is 0 Å². The van der Waals surface area contributed by atoms with Crippen molar-refractivity contribution in [1.29, 1.82) is 0 Å². The van der Waals surface area contributed by atoms with Gasteiger partial charge in [0.15, 0.2) is 0 Å². The van der Waals surface area contributed by atoms with Gasteiger partial charge in [-0.2, -0.15) is 0 Å². The Morgan fingerprint density at radius 1 is 1.33 bits per heavy atom. The van der Waals surface area contributed by atoms with Crippen LogP contribution >= 0.6 is 0 Å². The van der Waals surface area contributed by atoms with E-state index in [1.165, 1.54) is 19.3 Å². The maximum atomic E-state index is 11.8. The molecular weight excluding hydrogens is 188 g/mol. The molecule has 1 aliphatic rings. The van der Waals surface area contributed by atoms with Gasteiger partial charge in [-0.15, -0.1) is 0 Å². The summed E-state index contributed by atoms with van der Waals surface area (Å²) in [6.07, 6.45) is 5.90. The second kappa shape index (κ2) is 4.97. The van der Waals surface area contributed by atoms with Gasteiger partial charge in [0, 0.05) is 7.05 Å². The van der Waals surface area contributed by atoms with Crippen LogP contribution in [0.15, 0.2) is 0 Å². The molecule has 0 aliphatic carbocycles. The molecule has 1 N–H and O–H groups in total. The Bertz CT molecular complexity index is 226. The van der Waals surface area contributed by atoms with Crippen molar-refractivity contribution < 1.29 is 4.79 Å². The fourth-order valence-electron chi connectivity index (χ4n) is 2.07. The summed E-state index contributed by atoms with van der Waals surface area (Å²) in [5.74, 6) is 0.247. The minimum atomic E-state index is -0.174. The lowest BCUT2D eigenvalue weighted by atomic mass is 10.1. The lowest BCUT2D eigenvalue weighted by Gasteiger charge is -2.27. The van der Waals surface area contributed by atoms with Crippen LogP contribution in [0.25, 0.3) is 0 Å². The number of unbranched alkanes of at least 4 members (excludes halogenated alkanes) is 3. The van der Waals surface area contributed by atoms with E-state index in [9.17, 15) is 4.79 Å². The van der Waals surface area contributed by atoms with Crippen molar-refractivity contribution in [3.63, 3.8) is 0 Å². The van der Waals surface area contributed by atoms with Crippen LogP contribution in [-0.2, 0) is 4.79 Å². The summed E-state index contributed by atoms with van der Waals surface area (Å²) in [6.45, 7) is 6.31. The van der Waals surface area contributed by atoms with E-state index in [1.807, 2.05) is 11.9 Å². The zero-order valence-corrected chi connectivity index (χ0v) is 10.5. The van der Waals surface area contributed by atoms with Gasteiger partial charge >= 0.3 is 0 Å². The average Bonchev–Trinajstić information content (AvgIpc) is 2.37. The second-order valence-corrected chi connectivity index (χ2v) is 5.00. The number of carbonyl (C=O) groups excluding carboxylic acids is 1. The molecule has 0 bridgehead atoms. The second-order valence-electron chi connectivity index (χ2n) is 5.00. The lowest BCUT2D eigenvalue weighted by Crippen LogP contribution is -2.45. The molecule has 1 atom stereocenters. The van der Waals surface area contributed by atoms with Crippen molar-refractivity contribution >= 4 is 5.91 Å². The first-order valence-corrected chi connectivity index (χ1v) is 6.04. The monoisotopic (exact) mass is 212 g/mol. The summed E-state index contributed by atoms with van der Waals surface area (Å²) >= 11 is 0. The molecule has 1 aliphatic heterocycles. The van der Waals surface area contributed by atoms with Gasteiger partial charge in [-0.1, -0.05) is 32.6 Å². The maximum absolute atomic E-state index is 11.8. The predicted octanol–water partition coefficient (Wildman–Crippen LogP) is 2.12. The highest BCUT2D eigenvalue weighted by atomic mass is 16.2. The first-order chi connectivity index (χ1) is 6.99. The lowest BCUT2D eigenvalue weighted by molar-refractivity contribution is -0.130. The van der Waals surface area contributed by atoms with Gasteiger partial charge < -0.3 is 4.90 Å². The van der Waals surface area contributed by atoms with Crippen LogP contribution in [0, 0.1) is 0 Å². The van der Waals surface area contributed by atoms with Crippen LogP contribution in [0.4, 0.5) is 0 Å². The smallest absolute Gasteiger partial charge is 0.240 e. The molecule has 0 aromatic carbocycles. The predicted molar refractivity (Wildman–Crippen MR) is 62.5 cm³/mol. The number of amides is 1. The molecule has 15 heavy (non-hydrogen) atoms. The third-order valence-corrected chi connectivity index (χ3v) is 3.34. The van der Waals surface area contributed by atoms with Crippen molar-refractivity contribution in [1.82, 2.24) is 10.2 Å². The van der Waals surface area contributed by atoms with E-state index >= 15 is 0 Å². The highest BCUT2D eigenvalue weighted by Crippen LogP contribution is 2.21. The van der Waals surface area contributed by atoms with Gasteiger partial charge in [0.2, 0.25) is 5.91 Å². The van der Waals surface area contributed by atoms with Crippen LogP contribution in [0.1, 0.15) is 52.9 Å². The third kappa shape index (κ3) is 2.94. The molecule has 1 rings (SSSR count). The van der Waals surface area contributed by atoms with E-state index in [2.05, 4.69) is 26.1 Å². The Morgan fingerprint density at radius 3 is 2.47 bits per heavy atom. The van der Waals surface area contributed by atoms with Crippen LogP contribution in [-0.4, -0.2) is 29.6 Å². The summed E-state index contributed by atoms with van der Waals surface area (Å²) in [5, 5.41) is 3.38. The van der Waals surface area contributed by atoms with E-state index in [1.54, 1.807) is 0 Å². The molecule has 88 valence electrons. The van der Waals surface area contributed by atoms with Crippen LogP contribution in [0.5, 0.6) is 0 Å². The Kier molecular flexibility index (Phi) is 4.14. The quantitative estimate of drug-likeness (QED) is 0.708. The average molecular weight is 212 g/mol. The number of likely N-dealkylation sites (N-methyl/N-ethyl adjacent to an activating group) is 1. The first kappa shape index (κ1) is 12.5. The fourth-order valence-corrected chi connectivity index (χ4v) is 2.07. The molecule has 0 unspecified atom stereocenters. The van der Waals surface area contributed by atoms with E-state index in [0.717, 1.165) is 12.8 Å². The highest BCUT2D eigenvalue weighted by molar-refractivity contribution is 5.84. The standard InChI is InChI=1S/C12H24N2O/c1-5-6-7-8-9-10-11(15)14(4)12(2,3)13-10/h10,13H,5-9H2,1-4H3/t10-/m1/s1. The number of rotatable bonds is 5. The summed E-state index contributed by atoms with van der Waals surface area (Å²) in [7, 11) is 1.88. The maximum Gasteiger partial charge on any atom is 0.240 e. The molecule has 0 spiro atoms. The van der Waals surface area contributed by atoms with Crippen molar-refractivity contribution in [2.45, 2.75) is 64.6 Å². The highest BCUT2D eigenvalue weighted by Gasteiger charge is 2.41. The van der Waals surface area contributed by atoms with Crippen molar-refractivity contribution in [2.24, 2.45) is 0 Å². The third-order valence-electron chi connectivity index (χ3n) is 3.34. The largest absolute Gasteiger partial charge is 0.327 e. The fraction of sp³-hybridized carbons (Fsp3) is 0.917. The molecule has 1 amide bonds. The SMILES string of the molecule is CCCCCC[C@H]1NC(C)(C)N(C)C1=O. The first-order valence-electron chi connectivity index (χ1n) is 6.04. The van der Waals surface area contributed by atoms with Gasteiger partial charge in [0.25, 0.3) is 0 Å². The number of hydrogen-bond donors (Lipinski definition) is 1. The molecule has 0 aromatic rings. The van der Waals surface area contributed by atoms with E-state index in [4.69, 9.17) is 0 Å². The molecule has 1 saturated heterocycles. The van der Waals surface area contributed by atoms with Crippen LogP contribution < -0.4 is 5.32 Å². The topological polar surface area (TPSA) is 32.3 Å². The van der Waals surface area contributed by atoms with Gasteiger partial charge in [0.05, 0.1) is 11.7 Å². The van der Waals surface area contributed by atoms with E-state index in [0.29, 0.717) is 0 Å². The van der Waals surface area contributed by atoms with Crippen molar-refractivity contribution in [3.05, 3.63) is 0 Å². The van der Waals surface area contributed by atoms with Crippen molar-refractivity contribution in [3.8, 4) is 0 Å². The summed E-state index contributed by atoms with van der Waals surface area (Å²) in [4.78, 5) is 13.7. The summed E-state index contributed by atoms with van der Waals surface area (Å²) < 4.78 is 0. The minimum absolute atomic E-state index is 0.0434. The molecule has 0 aromatic heterocycles. The molecule has 0 radical (unpaired) electrons. The summed E-state index contributed by atoms with van der Waals surface area (Å²) in [6, 6.07) is 0.0434. The zero-order valence-electron chi connectivity index (χ0n) is 10.5. The van der Waals surface area contributed by atoms with E-state index in [-0.39, 0.29) is 17.6 Å². The Labute approximate surface area is 93.2 Å². The molecule has 1 fully saturated rings. The number of nitrogens with zero attached hydrogens (tertiary/aromatic N) is 1. The zero-order chi connectivity index (χ0) is 11.5. The number of hydrogen-bond acceptors (Lipinski definition) is 2. The van der Waals surface area contributed by atoms with E-state index < -0.39 is 0 Å². The van der Waals surface area contributed by atoms with Gasteiger partial charge in [-0.25, -0.2) is 0 Å². The molecule has 1 heterocycles. The molecule has 0 saturated carbocycles. The molecule has 3 heteroatoms. The Hall–Kier alpha value is -0.570. The van der Waals surface area contributed by atoms with Crippen LogP contribution in [0.2, 0.25) is 0 Å². The van der Waals surface area contributed by atoms with Crippen molar-refractivity contribution in [2.75, 3.05) is 7.05 Å². The normalized spacial score (nSPS) is 24.9. The van der Waals surface area contributed by atoms with Gasteiger partial charge in [0.1, 0.15) is 0 Å². The van der Waals surface area contributed by atoms with Gasteiger partial charge in [-0.3, -0.25) is 10.1 Å². The number of carbonyl (C=O) groups is 1. The number of nitrogens with one attached hydrogen (secondary N) is 1. The summed E-state index contributed by atoms with van der Waals surface area (Å²) in [5.41, 5.74) is -0.174. The Morgan fingerprint density at radius 2 is 2.00 bits per heavy atom. The van der Waals surface area contributed by atoms with Gasteiger partial charge in [-0.05, 0) is 20.3 Å². The molecular formula is C12H24N2O. The molecule has 3 nitrogen and oxygen atoms in total.